The van der Waals surface area contributed by atoms with E-state index in [1.807, 2.05) is 0 Å². The van der Waals surface area contributed by atoms with Gasteiger partial charge in [0.05, 0.1) is 0 Å². The van der Waals surface area contributed by atoms with E-state index in [-0.39, 0.29) is 5.91 Å². The molecule has 0 atom stereocenters. The van der Waals surface area contributed by atoms with E-state index in [1.54, 1.807) is 7.05 Å². The Morgan fingerprint density at radius 1 is 1.58 bits per heavy atom. The molecule has 0 radical (unpaired) electrons. The van der Waals surface area contributed by atoms with Crippen LogP contribution >= 0.6 is 0 Å². The van der Waals surface area contributed by atoms with Gasteiger partial charge in [-0.3, -0.25) is 4.79 Å². The predicted molar refractivity (Wildman–Crippen MR) is 47.7 cm³/mol. The van der Waals surface area contributed by atoms with Gasteiger partial charge in [-0.2, -0.15) is 5.10 Å². The van der Waals surface area contributed by atoms with Gasteiger partial charge in [0.15, 0.2) is 0 Å². The van der Waals surface area contributed by atoms with Crippen molar-refractivity contribution >= 4 is 11.6 Å². The van der Waals surface area contributed by atoms with E-state index in [2.05, 4.69) is 5.10 Å². The van der Waals surface area contributed by atoms with E-state index < -0.39 is 0 Å². The predicted octanol–water partition coefficient (Wildman–Crippen LogP) is 0.334. The minimum absolute atomic E-state index is 0.103. The zero-order valence-corrected chi connectivity index (χ0v) is 7.42. The summed E-state index contributed by atoms with van der Waals surface area (Å²) in [4.78, 5) is 11.0. The minimum Gasteiger partial charge on any atom is -0.330 e. The quantitative estimate of drug-likeness (QED) is 0.662. The molecule has 4 heteroatoms. The lowest BCUT2D eigenvalue weighted by molar-refractivity contribution is -0.130. The molecule has 0 aromatic heterocycles. The number of carbonyl (C=O) groups excluding carboxylic acids is 1. The molecule has 68 valence electrons. The Morgan fingerprint density at radius 3 is 2.92 bits per heavy atom. The lowest BCUT2D eigenvalue weighted by Crippen LogP contribution is -2.28. The maximum Gasteiger partial charge on any atom is 0.242 e. The topological polar surface area (TPSA) is 58.7 Å². The molecule has 0 bridgehead atoms. The van der Waals surface area contributed by atoms with Crippen LogP contribution in [-0.4, -0.2) is 30.2 Å². The third kappa shape index (κ3) is 2.30. The highest BCUT2D eigenvalue weighted by Crippen LogP contribution is 2.09. The standard InChI is InChI=1S/C8H15N3O/c1-11-8(12)5-4-7(10-11)3-2-6-9/h2-6,9H2,1H3. The summed E-state index contributed by atoms with van der Waals surface area (Å²) in [5.74, 6) is 0.103. The maximum atomic E-state index is 11.0. The van der Waals surface area contributed by atoms with Gasteiger partial charge in [-0.15, -0.1) is 0 Å². The Hall–Kier alpha value is -0.900. The summed E-state index contributed by atoms with van der Waals surface area (Å²) < 4.78 is 0. The molecule has 0 spiro atoms. The summed E-state index contributed by atoms with van der Waals surface area (Å²) >= 11 is 0. The van der Waals surface area contributed by atoms with Gasteiger partial charge < -0.3 is 5.73 Å². The summed E-state index contributed by atoms with van der Waals surface area (Å²) in [6.07, 6.45) is 3.29. The van der Waals surface area contributed by atoms with Crippen LogP contribution in [-0.2, 0) is 4.79 Å². The van der Waals surface area contributed by atoms with Crippen LogP contribution in [0.5, 0.6) is 0 Å². The Morgan fingerprint density at radius 2 is 2.33 bits per heavy atom. The summed E-state index contributed by atoms with van der Waals surface area (Å²) in [7, 11) is 1.70. The van der Waals surface area contributed by atoms with E-state index in [9.17, 15) is 4.79 Å². The highest BCUT2D eigenvalue weighted by molar-refractivity contribution is 5.92. The number of amides is 1. The van der Waals surface area contributed by atoms with Crippen LogP contribution in [0.4, 0.5) is 0 Å². The van der Waals surface area contributed by atoms with Crippen LogP contribution < -0.4 is 5.73 Å². The molecule has 1 aliphatic rings. The van der Waals surface area contributed by atoms with Crippen LogP contribution in [0.2, 0.25) is 0 Å². The van der Waals surface area contributed by atoms with Crippen LogP contribution in [0.25, 0.3) is 0 Å². The Balaban J connectivity index is 2.44. The summed E-state index contributed by atoms with van der Waals surface area (Å²) in [6.45, 7) is 0.691. The van der Waals surface area contributed by atoms with Crippen molar-refractivity contribution < 1.29 is 4.79 Å². The zero-order chi connectivity index (χ0) is 8.97. The van der Waals surface area contributed by atoms with Crippen molar-refractivity contribution in [2.75, 3.05) is 13.6 Å². The Labute approximate surface area is 72.4 Å². The number of rotatable bonds is 3. The third-order valence-corrected chi connectivity index (χ3v) is 1.95. The smallest absolute Gasteiger partial charge is 0.242 e. The lowest BCUT2D eigenvalue weighted by Gasteiger charge is -2.19. The molecule has 1 heterocycles. The van der Waals surface area contributed by atoms with Crippen molar-refractivity contribution in [1.29, 1.82) is 0 Å². The second-order valence-electron chi connectivity index (χ2n) is 2.98. The molecule has 1 aliphatic heterocycles. The van der Waals surface area contributed by atoms with Crippen LogP contribution in [0.3, 0.4) is 0 Å². The molecule has 0 fully saturated rings. The van der Waals surface area contributed by atoms with Crippen molar-refractivity contribution in [3.8, 4) is 0 Å². The minimum atomic E-state index is 0.103. The number of hydrogen-bond donors (Lipinski definition) is 1. The van der Waals surface area contributed by atoms with Crippen LogP contribution in [0, 0.1) is 0 Å². The van der Waals surface area contributed by atoms with E-state index in [0.29, 0.717) is 13.0 Å². The number of hydrogen-bond acceptors (Lipinski definition) is 3. The first-order valence-electron chi connectivity index (χ1n) is 4.27. The second-order valence-corrected chi connectivity index (χ2v) is 2.98. The van der Waals surface area contributed by atoms with E-state index in [0.717, 1.165) is 25.0 Å². The number of carbonyl (C=O) groups is 1. The number of nitrogens with zero attached hydrogens (tertiary/aromatic N) is 2. The lowest BCUT2D eigenvalue weighted by atomic mass is 10.1. The van der Waals surface area contributed by atoms with Gasteiger partial charge >= 0.3 is 0 Å². The van der Waals surface area contributed by atoms with Crippen molar-refractivity contribution in [1.82, 2.24) is 5.01 Å². The van der Waals surface area contributed by atoms with Gasteiger partial charge in [-0.05, 0) is 25.8 Å². The first-order chi connectivity index (χ1) is 5.74. The molecule has 0 saturated carbocycles. The Kier molecular flexibility index (Phi) is 3.22. The van der Waals surface area contributed by atoms with E-state index >= 15 is 0 Å². The van der Waals surface area contributed by atoms with Crippen LogP contribution in [0.1, 0.15) is 25.7 Å². The molecular formula is C8H15N3O. The first kappa shape index (κ1) is 9.19. The molecule has 2 N–H and O–H groups in total. The van der Waals surface area contributed by atoms with Crippen molar-refractivity contribution in [3.05, 3.63) is 0 Å². The fourth-order valence-corrected chi connectivity index (χ4v) is 1.21. The normalized spacial score (nSPS) is 18.0. The molecule has 4 nitrogen and oxygen atoms in total. The van der Waals surface area contributed by atoms with Crippen molar-refractivity contribution in [3.63, 3.8) is 0 Å². The molecular weight excluding hydrogens is 154 g/mol. The van der Waals surface area contributed by atoms with Gasteiger partial charge in [0.1, 0.15) is 0 Å². The fraction of sp³-hybridized carbons (Fsp3) is 0.750. The zero-order valence-electron chi connectivity index (χ0n) is 7.42. The Bertz CT molecular complexity index is 200. The summed E-state index contributed by atoms with van der Waals surface area (Å²) in [5.41, 5.74) is 6.47. The molecule has 0 aliphatic carbocycles. The number of hydrazone groups is 1. The van der Waals surface area contributed by atoms with Crippen molar-refractivity contribution in [2.45, 2.75) is 25.7 Å². The van der Waals surface area contributed by atoms with E-state index in [1.165, 1.54) is 5.01 Å². The monoisotopic (exact) mass is 169 g/mol. The van der Waals surface area contributed by atoms with Gasteiger partial charge in [0.2, 0.25) is 5.91 Å². The first-order valence-corrected chi connectivity index (χ1v) is 4.27. The van der Waals surface area contributed by atoms with Gasteiger partial charge in [-0.25, -0.2) is 5.01 Å². The second kappa shape index (κ2) is 4.21. The SMILES string of the molecule is CN1N=C(CCCN)CCC1=O. The number of nitrogens with two attached hydrogens (primary N) is 1. The van der Waals surface area contributed by atoms with Crippen molar-refractivity contribution in [2.24, 2.45) is 10.8 Å². The molecule has 12 heavy (non-hydrogen) atoms. The maximum absolute atomic E-state index is 11.0. The molecule has 1 rings (SSSR count). The average molecular weight is 169 g/mol. The largest absolute Gasteiger partial charge is 0.330 e. The molecule has 0 unspecified atom stereocenters. The van der Waals surface area contributed by atoms with E-state index in [4.69, 9.17) is 5.73 Å². The highest BCUT2D eigenvalue weighted by atomic mass is 16.2. The molecule has 0 saturated heterocycles. The van der Waals surface area contributed by atoms with Gasteiger partial charge in [-0.1, -0.05) is 0 Å². The molecule has 1 amide bonds. The van der Waals surface area contributed by atoms with Gasteiger partial charge in [0, 0.05) is 19.2 Å². The summed E-state index contributed by atoms with van der Waals surface area (Å²) in [6, 6.07) is 0. The fourth-order valence-electron chi connectivity index (χ4n) is 1.21. The van der Waals surface area contributed by atoms with Crippen LogP contribution in [0.15, 0.2) is 5.10 Å². The van der Waals surface area contributed by atoms with Gasteiger partial charge in [0.25, 0.3) is 0 Å². The average Bonchev–Trinajstić information content (AvgIpc) is 2.07. The molecule has 0 aromatic rings. The summed E-state index contributed by atoms with van der Waals surface area (Å²) in [5, 5.41) is 5.57. The molecule has 0 aromatic carbocycles. The highest BCUT2D eigenvalue weighted by Gasteiger charge is 2.15. The third-order valence-electron chi connectivity index (χ3n) is 1.95.